The van der Waals surface area contributed by atoms with Crippen molar-refractivity contribution in [1.82, 2.24) is 0 Å². The van der Waals surface area contributed by atoms with E-state index in [9.17, 15) is 8.42 Å². The van der Waals surface area contributed by atoms with Crippen molar-refractivity contribution in [2.24, 2.45) is 0 Å². The fourth-order valence-electron chi connectivity index (χ4n) is 1.03. The Hall–Kier alpha value is -1.09. The van der Waals surface area contributed by atoms with Crippen LogP contribution < -0.4 is 0 Å². The zero-order chi connectivity index (χ0) is 10.6. The van der Waals surface area contributed by atoms with Crippen LogP contribution in [0.1, 0.15) is 18.9 Å². The van der Waals surface area contributed by atoms with E-state index in [0.717, 1.165) is 12.0 Å². The van der Waals surface area contributed by atoms with E-state index >= 15 is 0 Å². The van der Waals surface area contributed by atoms with Crippen LogP contribution in [0.15, 0.2) is 40.6 Å². The van der Waals surface area contributed by atoms with E-state index in [1.165, 1.54) is 5.41 Å². The van der Waals surface area contributed by atoms with Gasteiger partial charge in [-0.1, -0.05) is 30.7 Å². The van der Waals surface area contributed by atoms with Crippen LogP contribution in [0.3, 0.4) is 0 Å². The maximum Gasteiger partial charge on any atom is 0.199 e. The summed E-state index contributed by atoms with van der Waals surface area (Å²) >= 11 is 0. The van der Waals surface area contributed by atoms with Gasteiger partial charge in [0, 0.05) is 5.41 Å². The first-order valence-electron chi connectivity index (χ1n) is 4.54. The van der Waals surface area contributed by atoms with Crippen molar-refractivity contribution < 1.29 is 8.42 Å². The largest absolute Gasteiger partial charge is 0.219 e. The molecule has 14 heavy (non-hydrogen) atoms. The minimum atomic E-state index is -3.22. The Kier molecular flexibility index (Phi) is 3.47. The normalized spacial score (nSPS) is 12.1. The molecule has 0 amide bonds. The summed E-state index contributed by atoms with van der Waals surface area (Å²) in [6.07, 6.45) is 2.38. The molecule has 2 nitrogen and oxygen atoms in total. The van der Waals surface area contributed by atoms with E-state index in [0.29, 0.717) is 4.90 Å². The number of rotatable bonds is 3. The predicted molar refractivity (Wildman–Crippen MR) is 57.8 cm³/mol. The monoisotopic (exact) mass is 210 g/mol. The summed E-state index contributed by atoms with van der Waals surface area (Å²) in [6, 6.07) is 6.86. The summed E-state index contributed by atoms with van der Waals surface area (Å²) < 4.78 is 23.2. The Labute approximate surface area is 85.2 Å². The minimum absolute atomic E-state index is 0.354. The van der Waals surface area contributed by atoms with Gasteiger partial charge in [-0.3, -0.25) is 0 Å². The molecular formula is C11H14O2S. The summed E-state index contributed by atoms with van der Waals surface area (Å²) in [5.41, 5.74) is 1.06. The summed E-state index contributed by atoms with van der Waals surface area (Å²) in [5.74, 6) is 0. The van der Waals surface area contributed by atoms with Crippen LogP contribution in [-0.4, -0.2) is 8.42 Å². The molecule has 0 atom stereocenters. The van der Waals surface area contributed by atoms with Crippen molar-refractivity contribution in [1.29, 1.82) is 0 Å². The van der Waals surface area contributed by atoms with Crippen LogP contribution in [0, 0.1) is 6.92 Å². The van der Waals surface area contributed by atoms with E-state index in [1.807, 2.05) is 13.8 Å². The lowest BCUT2D eigenvalue weighted by Crippen LogP contribution is -1.95. The third-order valence-corrected chi connectivity index (χ3v) is 3.34. The fraction of sp³-hybridized carbons (Fsp3) is 0.273. The van der Waals surface area contributed by atoms with Gasteiger partial charge in [0.25, 0.3) is 0 Å². The van der Waals surface area contributed by atoms with Crippen molar-refractivity contribution in [2.75, 3.05) is 0 Å². The lowest BCUT2D eigenvalue weighted by atomic mass is 10.2. The average Bonchev–Trinajstić information content (AvgIpc) is 2.16. The van der Waals surface area contributed by atoms with Crippen molar-refractivity contribution in [3.8, 4) is 0 Å². The molecule has 1 rings (SSSR count). The highest BCUT2D eigenvalue weighted by Crippen LogP contribution is 2.13. The van der Waals surface area contributed by atoms with E-state index in [-0.39, 0.29) is 0 Å². The van der Waals surface area contributed by atoms with E-state index in [1.54, 1.807) is 30.3 Å². The number of hydrogen-bond acceptors (Lipinski definition) is 2. The zero-order valence-electron chi connectivity index (χ0n) is 8.40. The van der Waals surface area contributed by atoms with Gasteiger partial charge in [-0.15, -0.1) is 0 Å². The van der Waals surface area contributed by atoms with Gasteiger partial charge >= 0.3 is 0 Å². The van der Waals surface area contributed by atoms with Gasteiger partial charge in [-0.05, 0) is 25.5 Å². The Morgan fingerprint density at radius 1 is 1.21 bits per heavy atom. The van der Waals surface area contributed by atoms with Crippen LogP contribution in [0.5, 0.6) is 0 Å². The Bertz CT molecular complexity index is 413. The highest BCUT2D eigenvalue weighted by atomic mass is 32.2. The van der Waals surface area contributed by atoms with Crippen molar-refractivity contribution in [3.05, 3.63) is 41.3 Å². The number of allylic oxidation sites excluding steroid dienone is 1. The standard InChI is InChI=1S/C11H14O2S/c1-3-4-9-14(12,13)11-7-5-10(2)6-8-11/h4-9H,3H2,1-2H3/b9-4-. The highest BCUT2D eigenvalue weighted by Gasteiger charge is 2.08. The fourth-order valence-corrected chi connectivity index (χ4v) is 2.15. The lowest BCUT2D eigenvalue weighted by molar-refractivity contribution is 0.604. The molecule has 0 fully saturated rings. The van der Waals surface area contributed by atoms with Crippen LogP contribution in [0.2, 0.25) is 0 Å². The van der Waals surface area contributed by atoms with Gasteiger partial charge in [-0.25, -0.2) is 8.42 Å². The van der Waals surface area contributed by atoms with E-state index in [2.05, 4.69) is 0 Å². The first-order valence-corrected chi connectivity index (χ1v) is 6.09. The molecule has 0 spiro atoms. The van der Waals surface area contributed by atoms with Crippen molar-refractivity contribution in [2.45, 2.75) is 25.2 Å². The molecule has 0 aliphatic heterocycles. The molecule has 0 unspecified atom stereocenters. The van der Waals surface area contributed by atoms with E-state index < -0.39 is 9.84 Å². The van der Waals surface area contributed by atoms with Gasteiger partial charge in [-0.2, -0.15) is 0 Å². The van der Waals surface area contributed by atoms with Crippen molar-refractivity contribution >= 4 is 9.84 Å². The van der Waals surface area contributed by atoms with Gasteiger partial charge in [0.15, 0.2) is 9.84 Å². The highest BCUT2D eigenvalue weighted by molar-refractivity contribution is 7.94. The average molecular weight is 210 g/mol. The van der Waals surface area contributed by atoms with Gasteiger partial charge < -0.3 is 0 Å². The number of hydrogen-bond donors (Lipinski definition) is 0. The Morgan fingerprint density at radius 2 is 1.79 bits per heavy atom. The van der Waals surface area contributed by atoms with Crippen LogP contribution in [-0.2, 0) is 9.84 Å². The SMILES string of the molecule is CC/C=C\S(=O)(=O)c1ccc(C)cc1. The molecule has 0 aliphatic rings. The first kappa shape index (κ1) is 11.0. The summed E-state index contributed by atoms with van der Waals surface area (Å²) in [7, 11) is -3.22. The van der Waals surface area contributed by atoms with E-state index in [4.69, 9.17) is 0 Å². The van der Waals surface area contributed by atoms with Gasteiger partial charge in [0.05, 0.1) is 4.90 Å². The molecule has 0 heterocycles. The quantitative estimate of drug-likeness (QED) is 0.768. The smallest absolute Gasteiger partial charge is 0.199 e. The minimum Gasteiger partial charge on any atom is -0.219 e. The summed E-state index contributed by atoms with van der Waals surface area (Å²) in [4.78, 5) is 0.354. The lowest BCUT2D eigenvalue weighted by Gasteiger charge is -1.98. The Balaban J connectivity index is 3.05. The predicted octanol–water partition coefficient (Wildman–Crippen LogP) is 2.69. The third kappa shape index (κ3) is 2.70. The molecule has 1 aromatic carbocycles. The second-order valence-corrected chi connectivity index (χ2v) is 4.97. The van der Waals surface area contributed by atoms with Gasteiger partial charge in [0.1, 0.15) is 0 Å². The second kappa shape index (κ2) is 4.42. The zero-order valence-corrected chi connectivity index (χ0v) is 9.21. The molecule has 3 heteroatoms. The topological polar surface area (TPSA) is 34.1 Å². The molecule has 76 valence electrons. The molecular weight excluding hydrogens is 196 g/mol. The summed E-state index contributed by atoms with van der Waals surface area (Å²) in [6.45, 7) is 3.83. The Morgan fingerprint density at radius 3 is 2.29 bits per heavy atom. The number of aryl methyl sites for hydroxylation is 1. The van der Waals surface area contributed by atoms with Crippen LogP contribution in [0.25, 0.3) is 0 Å². The number of benzene rings is 1. The molecule has 0 aliphatic carbocycles. The second-order valence-electron chi connectivity index (χ2n) is 3.14. The molecule has 0 radical (unpaired) electrons. The van der Waals surface area contributed by atoms with Crippen LogP contribution in [0.4, 0.5) is 0 Å². The maximum atomic E-state index is 11.6. The summed E-state index contributed by atoms with van der Waals surface area (Å²) in [5, 5.41) is 1.26. The molecule has 0 saturated carbocycles. The maximum absolute atomic E-state index is 11.6. The molecule has 0 bridgehead atoms. The molecule has 0 saturated heterocycles. The molecule has 0 aromatic heterocycles. The van der Waals surface area contributed by atoms with Crippen molar-refractivity contribution in [3.63, 3.8) is 0 Å². The van der Waals surface area contributed by atoms with Crippen LogP contribution >= 0.6 is 0 Å². The first-order chi connectivity index (χ1) is 6.56. The molecule has 1 aromatic rings. The number of sulfone groups is 1. The third-order valence-electron chi connectivity index (χ3n) is 1.86. The molecule has 0 N–H and O–H groups in total. The van der Waals surface area contributed by atoms with Gasteiger partial charge in [0.2, 0.25) is 0 Å².